The van der Waals surface area contributed by atoms with Gasteiger partial charge in [-0.1, -0.05) is 45.2 Å². The summed E-state index contributed by atoms with van der Waals surface area (Å²) >= 11 is 7.69. The Morgan fingerprint density at radius 2 is 1.89 bits per heavy atom. The van der Waals surface area contributed by atoms with E-state index in [1.54, 1.807) is 0 Å². The van der Waals surface area contributed by atoms with E-state index in [-0.39, 0.29) is 12.7 Å². The Bertz CT molecular complexity index is 275. The van der Waals surface area contributed by atoms with Gasteiger partial charge in [-0.05, 0) is 49.4 Å². The molecule has 18 heavy (non-hydrogen) atoms. The molecule has 0 saturated heterocycles. The molecule has 0 heterocycles. The molecule has 2 aliphatic rings. The van der Waals surface area contributed by atoms with Crippen molar-refractivity contribution in [1.29, 1.82) is 0 Å². The van der Waals surface area contributed by atoms with Crippen molar-refractivity contribution >= 4 is 31.9 Å². The van der Waals surface area contributed by atoms with Crippen LogP contribution < -0.4 is 0 Å². The van der Waals surface area contributed by atoms with Crippen LogP contribution in [0.25, 0.3) is 0 Å². The number of hydrogen-bond acceptors (Lipinski definition) is 2. The number of hydrogen-bond donors (Lipinski definition) is 2. The number of halogens is 2. The summed E-state index contributed by atoms with van der Waals surface area (Å²) in [4.78, 5) is 0.950. The standard InChI is InChI=1S/C14H24Br2O2/c1-8-9(5-3-7-17)12-10(14(16)13(8)15)4-2-6-11(12)18/h8-14,17-18H,2-7H2,1H3/t8-,9+,10+,11+,12-,13+,14+/m1/s1. The van der Waals surface area contributed by atoms with Gasteiger partial charge >= 0.3 is 0 Å². The summed E-state index contributed by atoms with van der Waals surface area (Å²) in [6.07, 6.45) is 5.08. The normalized spacial score (nSPS) is 48.8. The minimum atomic E-state index is -0.144. The molecule has 4 heteroatoms. The van der Waals surface area contributed by atoms with E-state index in [9.17, 15) is 5.11 Å². The van der Waals surface area contributed by atoms with Crippen LogP contribution in [-0.4, -0.2) is 32.6 Å². The summed E-state index contributed by atoms with van der Waals surface area (Å²) in [5, 5.41) is 19.5. The quantitative estimate of drug-likeness (QED) is 0.733. The first kappa shape index (κ1) is 15.3. The molecular weight excluding hydrogens is 360 g/mol. The van der Waals surface area contributed by atoms with Crippen molar-refractivity contribution in [2.24, 2.45) is 23.7 Å². The van der Waals surface area contributed by atoms with Gasteiger partial charge in [0.1, 0.15) is 0 Å². The molecule has 2 aliphatic carbocycles. The highest BCUT2D eigenvalue weighted by Gasteiger charge is 2.50. The van der Waals surface area contributed by atoms with Gasteiger partial charge in [0.05, 0.1) is 6.10 Å². The fraction of sp³-hybridized carbons (Fsp3) is 1.00. The van der Waals surface area contributed by atoms with Gasteiger partial charge in [-0.2, -0.15) is 0 Å². The zero-order valence-electron chi connectivity index (χ0n) is 10.9. The van der Waals surface area contributed by atoms with E-state index >= 15 is 0 Å². The van der Waals surface area contributed by atoms with E-state index in [0.29, 0.717) is 33.3 Å². The summed E-state index contributed by atoms with van der Waals surface area (Å²) in [7, 11) is 0. The third kappa shape index (κ3) is 2.82. The third-order valence-electron chi connectivity index (χ3n) is 5.06. The Kier molecular flexibility index (Phi) is 5.56. The fourth-order valence-electron chi connectivity index (χ4n) is 4.10. The lowest BCUT2D eigenvalue weighted by atomic mass is 9.59. The lowest BCUT2D eigenvalue weighted by Crippen LogP contribution is -2.52. The van der Waals surface area contributed by atoms with Gasteiger partial charge in [0.15, 0.2) is 0 Å². The molecule has 7 atom stereocenters. The predicted molar refractivity (Wildman–Crippen MR) is 81.2 cm³/mol. The van der Waals surface area contributed by atoms with Gasteiger partial charge in [0.25, 0.3) is 0 Å². The van der Waals surface area contributed by atoms with Crippen LogP contribution in [0.5, 0.6) is 0 Å². The zero-order chi connectivity index (χ0) is 13.3. The maximum atomic E-state index is 10.4. The molecule has 0 radical (unpaired) electrons. The molecule has 0 spiro atoms. The second-order valence-corrected chi connectivity index (χ2v) is 8.13. The molecule has 0 aromatic rings. The highest BCUT2D eigenvalue weighted by Crippen LogP contribution is 2.52. The molecule has 0 aliphatic heterocycles. The molecule has 0 amide bonds. The van der Waals surface area contributed by atoms with Crippen molar-refractivity contribution in [2.45, 2.75) is 54.8 Å². The number of alkyl halides is 2. The molecule has 2 N–H and O–H groups in total. The smallest absolute Gasteiger partial charge is 0.0574 e. The minimum Gasteiger partial charge on any atom is -0.396 e. The summed E-state index contributed by atoms with van der Waals surface area (Å²) in [5.41, 5.74) is 0. The van der Waals surface area contributed by atoms with E-state index in [0.717, 1.165) is 25.7 Å². The van der Waals surface area contributed by atoms with Gasteiger partial charge in [0, 0.05) is 16.3 Å². The maximum absolute atomic E-state index is 10.4. The molecule has 0 unspecified atom stereocenters. The van der Waals surface area contributed by atoms with Crippen LogP contribution in [0.2, 0.25) is 0 Å². The van der Waals surface area contributed by atoms with E-state index in [1.807, 2.05) is 0 Å². The fourth-order valence-corrected chi connectivity index (χ4v) is 5.98. The number of aliphatic hydroxyl groups is 2. The lowest BCUT2D eigenvalue weighted by molar-refractivity contribution is -0.0404. The monoisotopic (exact) mass is 382 g/mol. The highest BCUT2D eigenvalue weighted by molar-refractivity contribution is 9.12. The van der Waals surface area contributed by atoms with Gasteiger partial charge < -0.3 is 10.2 Å². The van der Waals surface area contributed by atoms with Crippen molar-refractivity contribution in [3.8, 4) is 0 Å². The van der Waals surface area contributed by atoms with E-state index in [1.165, 1.54) is 6.42 Å². The lowest BCUT2D eigenvalue weighted by Gasteiger charge is -2.52. The molecular formula is C14H24Br2O2. The molecule has 2 fully saturated rings. The van der Waals surface area contributed by atoms with E-state index < -0.39 is 0 Å². The van der Waals surface area contributed by atoms with Gasteiger partial charge in [-0.15, -0.1) is 0 Å². The molecule has 0 bridgehead atoms. The molecule has 0 aromatic heterocycles. The van der Waals surface area contributed by atoms with Gasteiger partial charge in [-0.25, -0.2) is 0 Å². The maximum Gasteiger partial charge on any atom is 0.0574 e. The largest absolute Gasteiger partial charge is 0.396 e. The van der Waals surface area contributed by atoms with Crippen LogP contribution in [-0.2, 0) is 0 Å². The van der Waals surface area contributed by atoms with Crippen LogP contribution in [0.15, 0.2) is 0 Å². The zero-order valence-corrected chi connectivity index (χ0v) is 14.1. The first-order valence-electron chi connectivity index (χ1n) is 7.15. The molecule has 2 nitrogen and oxygen atoms in total. The van der Waals surface area contributed by atoms with Crippen molar-refractivity contribution in [3.05, 3.63) is 0 Å². The SMILES string of the molecule is C[C@H]1[C@H](Br)[C@@H](Br)[C@H]2CCC[C@H](O)[C@@H]2[C@H]1CCCO. The predicted octanol–water partition coefficient (Wildman–Crippen LogP) is 3.33. The summed E-state index contributed by atoms with van der Waals surface area (Å²) in [6.45, 7) is 2.55. The highest BCUT2D eigenvalue weighted by atomic mass is 79.9. The summed E-state index contributed by atoms with van der Waals surface area (Å²) < 4.78 is 0. The Morgan fingerprint density at radius 1 is 1.17 bits per heavy atom. The van der Waals surface area contributed by atoms with Crippen LogP contribution in [0.3, 0.4) is 0 Å². The van der Waals surface area contributed by atoms with Crippen molar-refractivity contribution in [1.82, 2.24) is 0 Å². The molecule has 2 saturated carbocycles. The van der Waals surface area contributed by atoms with Crippen LogP contribution in [0, 0.1) is 23.7 Å². The average Bonchev–Trinajstić information content (AvgIpc) is 2.37. The van der Waals surface area contributed by atoms with Gasteiger partial charge in [0.2, 0.25) is 0 Å². The van der Waals surface area contributed by atoms with E-state index in [4.69, 9.17) is 5.11 Å². The first-order chi connectivity index (χ1) is 8.57. The summed E-state index contributed by atoms with van der Waals surface area (Å²) in [6, 6.07) is 0. The summed E-state index contributed by atoms with van der Waals surface area (Å²) in [5.74, 6) is 2.09. The Labute approximate surface area is 127 Å². The molecule has 106 valence electrons. The van der Waals surface area contributed by atoms with Gasteiger partial charge in [-0.3, -0.25) is 0 Å². The van der Waals surface area contributed by atoms with Crippen molar-refractivity contribution in [3.63, 3.8) is 0 Å². The van der Waals surface area contributed by atoms with E-state index in [2.05, 4.69) is 38.8 Å². The van der Waals surface area contributed by atoms with Crippen LogP contribution in [0.4, 0.5) is 0 Å². The number of fused-ring (bicyclic) bond motifs is 1. The first-order valence-corrected chi connectivity index (χ1v) is 8.98. The number of aliphatic hydroxyl groups excluding tert-OH is 2. The second kappa shape index (κ2) is 6.55. The average molecular weight is 384 g/mol. The topological polar surface area (TPSA) is 40.5 Å². The van der Waals surface area contributed by atoms with Crippen LogP contribution >= 0.6 is 31.9 Å². The minimum absolute atomic E-state index is 0.144. The Balaban J connectivity index is 2.18. The van der Waals surface area contributed by atoms with Crippen molar-refractivity contribution < 1.29 is 10.2 Å². The number of rotatable bonds is 3. The molecule has 2 rings (SSSR count). The third-order valence-corrected chi connectivity index (χ3v) is 8.42. The Hall–Kier alpha value is 0.880. The molecule has 0 aromatic carbocycles. The van der Waals surface area contributed by atoms with Crippen LogP contribution in [0.1, 0.15) is 39.0 Å². The van der Waals surface area contributed by atoms with Crippen molar-refractivity contribution in [2.75, 3.05) is 6.61 Å². The second-order valence-electron chi connectivity index (χ2n) is 6.02. The Morgan fingerprint density at radius 3 is 2.56 bits per heavy atom.